The summed E-state index contributed by atoms with van der Waals surface area (Å²) < 4.78 is 4.41. The third kappa shape index (κ3) is 3.61. The maximum atomic E-state index is 11.3. The van der Waals surface area contributed by atoms with Crippen molar-refractivity contribution in [1.29, 1.82) is 0 Å². The summed E-state index contributed by atoms with van der Waals surface area (Å²) in [4.78, 5) is 22.2. The number of methoxy groups -OCH3 is 1. The summed E-state index contributed by atoms with van der Waals surface area (Å²) in [5.74, 6) is -0.815. The molecule has 0 spiro atoms. The molecule has 88 valence electrons. The molecule has 1 amide bonds. The predicted octanol–water partition coefficient (Wildman–Crippen LogP) is -1.58. The van der Waals surface area contributed by atoms with Gasteiger partial charge < -0.3 is 10.5 Å². The first kappa shape index (κ1) is 12.0. The van der Waals surface area contributed by atoms with Gasteiger partial charge in [-0.2, -0.15) is 5.21 Å². The first-order valence-corrected chi connectivity index (χ1v) is 4.50. The summed E-state index contributed by atoms with van der Waals surface area (Å²) in [5, 5.41) is 14.9. The lowest BCUT2D eigenvalue weighted by atomic mass is 10.1. The molecule has 0 aliphatic rings. The normalized spacial score (nSPS) is 11.9. The third-order valence-electron chi connectivity index (χ3n) is 1.78. The van der Waals surface area contributed by atoms with E-state index in [9.17, 15) is 9.59 Å². The highest BCUT2D eigenvalue weighted by Crippen LogP contribution is 1.99. The standard InChI is InChI=1S/C7H12N6O3/c1-16-6(15)4(8)2-3-5(14)9-7-10-12-13-11-7/h4H,2-3,8H2,1H3,(H2,9,10,11,12,13,14)/t4-/m0/s1. The summed E-state index contributed by atoms with van der Waals surface area (Å²) in [7, 11) is 1.24. The second-order valence-corrected chi connectivity index (χ2v) is 2.95. The first-order valence-electron chi connectivity index (χ1n) is 4.50. The number of aromatic amines is 1. The molecule has 1 heterocycles. The molecule has 0 aliphatic carbocycles. The number of hydrogen-bond donors (Lipinski definition) is 3. The molecule has 1 aromatic rings. The second-order valence-electron chi connectivity index (χ2n) is 2.95. The van der Waals surface area contributed by atoms with Crippen LogP contribution in [0.1, 0.15) is 12.8 Å². The summed E-state index contributed by atoms with van der Waals surface area (Å²) >= 11 is 0. The minimum Gasteiger partial charge on any atom is -0.468 e. The van der Waals surface area contributed by atoms with E-state index in [1.165, 1.54) is 7.11 Å². The van der Waals surface area contributed by atoms with Crippen molar-refractivity contribution in [3.05, 3.63) is 0 Å². The molecule has 0 bridgehead atoms. The van der Waals surface area contributed by atoms with Crippen LogP contribution in [0.4, 0.5) is 5.95 Å². The van der Waals surface area contributed by atoms with Gasteiger partial charge in [-0.1, -0.05) is 5.10 Å². The highest BCUT2D eigenvalue weighted by Gasteiger charge is 2.15. The highest BCUT2D eigenvalue weighted by atomic mass is 16.5. The largest absolute Gasteiger partial charge is 0.468 e. The van der Waals surface area contributed by atoms with Crippen molar-refractivity contribution in [1.82, 2.24) is 20.6 Å². The molecule has 16 heavy (non-hydrogen) atoms. The highest BCUT2D eigenvalue weighted by molar-refractivity contribution is 5.89. The zero-order valence-electron chi connectivity index (χ0n) is 8.64. The molecule has 4 N–H and O–H groups in total. The minimum atomic E-state index is -0.805. The Balaban J connectivity index is 2.28. The second kappa shape index (κ2) is 5.75. The minimum absolute atomic E-state index is 0.0742. The Bertz CT molecular complexity index is 351. The van der Waals surface area contributed by atoms with Crippen molar-refractivity contribution in [2.24, 2.45) is 5.73 Å². The summed E-state index contributed by atoms with van der Waals surface area (Å²) in [6, 6.07) is -0.805. The Kier molecular flexibility index (Phi) is 4.33. The number of amides is 1. The van der Waals surface area contributed by atoms with E-state index in [0.29, 0.717) is 0 Å². The molecule has 1 atom stereocenters. The molecule has 0 fully saturated rings. The fourth-order valence-corrected chi connectivity index (χ4v) is 0.958. The number of rotatable bonds is 5. The molecule has 0 saturated heterocycles. The Morgan fingerprint density at radius 2 is 2.38 bits per heavy atom. The van der Waals surface area contributed by atoms with E-state index in [-0.39, 0.29) is 24.7 Å². The number of carbonyl (C=O) groups excluding carboxylic acids is 2. The zero-order chi connectivity index (χ0) is 12.0. The van der Waals surface area contributed by atoms with E-state index >= 15 is 0 Å². The quantitative estimate of drug-likeness (QED) is 0.517. The number of tetrazole rings is 1. The van der Waals surface area contributed by atoms with E-state index in [1.807, 2.05) is 0 Å². The fourth-order valence-electron chi connectivity index (χ4n) is 0.958. The number of aromatic nitrogens is 4. The van der Waals surface area contributed by atoms with Crippen molar-refractivity contribution in [2.45, 2.75) is 18.9 Å². The maximum absolute atomic E-state index is 11.3. The van der Waals surface area contributed by atoms with Gasteiger partial charge in [-0.15, -0.1) is 5.10 Å². The predicted molar refractivity (Wildman–Crippen MR) is 52.0 cm³/mol. The number of carbonyl (C=O) groups is 2. The molecule has 0 radical (unpaired) electrons. The monoisotopic (exact) mass is 228 g/mol. The molecule has 0 aliphatic heterocycles. The van der Waals surface area contributed by atoms with Crippen LogP contribution in [0.15, 0.2) is 0 Å². The van der Waals surface area contributed by atoms with Crippen LogP contribution in [-0.2, 0) is 14.3 Å². The fraction of sp³-hybridized carbons (Fsp3) is 0.571. The van der Waals surface area contributed by atoms with E-state index in [4.69, 9.17) is 5.73 Å². The van der Waals surface area contributed by atoms with Gasteiger partial charge >= 0.3 is 5.97 Å². The van der Waals surface area contributed by atoms with E-state index < -0.39 is 12.0 Å². The molecule has 1 rings (SSSR count). The molecule has 0 unspecified atom stereocenters. The lowest BCUT2D eigenvalue weighted by Crippen LogP contribution is -2.32. The number of anilines is 1. The molecular weight excluding hydrogens is 216 g/mol. The molecule has 1 aromatic heterocycles. The van der Waals surface area contributed by atoms with Crippen LogP contribution in [-0.4, -0.2) is 45.7 Å². The topological polar surface area (TPSA) is 136 Å². The van der Waals surface area contributed by atoms with Crippen LogP contribution in [0.25, 0.3) is 0 Å². The maximum Gasteiger partial charge on any atom is 0.322 e. The Morgan fingerprint density at radius 1 is 1.62 bits per heavy atom. The van der Waals surface area contributed by atoms with Gasteiger partial charge in [0.1, 0.15) is 6.04 Å². The Hall–Kier alpha value is -2.03. The number of esters is 1. The summed E-state index contributed by atoms with van der Waals surface area (Å²) in [6.45, 7) is 0. The molecule has 0 aromatic carbocycles. The van der Waals surface area contributed by atoms with Crippen molar-refractivity contribution < 1.29 is 14.3 Å². The van der Waals surface area contributed by atoms with Gasteiger partial charge in [0.05, 0.1) is 7.11 Å². The lowest BCUT2D eigenvalue weighted by molar-refractivity contribution is -0.142. The summed E-state index contributed by atoms with van der Waals surface area (Å²) in [6.07, 6.45) is 0.265. The molecular formula is C7H12N6O3. The third-order valence-corrected chi connectivity index (χ3v) is 1.78. The van der Waals surface area contributed by atoms with Gasteiger partial charge in [-0.05, 0) is 11.6 Å². The molecule has 0 saturated carbocycles. The van der Waals surface area contributed by atoms with Crippen molar-refractivity contribution in [2.75, 3.05) is 12.4 Å². The van der Waals surface area contributed by atoms with Gasteiger partial charge in [0, 0.05) is 6.42 Å². The average Bonchev–Trinajstić information content (AvgIpc) is 2.77. The Morgan fingerprint density at radius 3 is 2.94 bits per heavy atom. The number of hydrogen-bond acceptors (Lipinski definition) is 7. The van der Waals surface area contributed by atoms with Crippen LogP contribution in [0, 0.1) is 0 Å². The van der Waals surface area contributed by atoms with Gasteiger partial charge in [0.15, 0.2) is 0 Å². The van der Waals surface area contributed by atoms with Crippen LogP contribution in [0.3, 0.4) is 0 Å². The number of nitrogens with one attached hydrogen (secondary N) is 2. The van der Waals surface area contributed by atoms with Gasteiger partial charge in [0.25, 0.3) is 5.95 Å². The Labute approximate surface area is 90.7 Å². The van der Waals surface area contributed by atoms with Crippen LogP contribution >= 0.6 is 0 Å². The SMILES string of the molecule is COC(=O)[C@@H](N)CCC(=O)Nc1nn[nH]n1. The van der Waals surface area contributed by atoms with Gasteiger partial charge in [-0.25, -0.2) is 0 Å². The zero-order valence-corrected chi connectivity index (χ0v) is 8.64. The lowest BCUT2D eigenvalue weighted by Gasteiger charge is -2.07. The van der Waals surface area contributed by atoms with Crippen LogP contribution in [0.2, 0.25) is 0 Å². The summed E-state index contributed by atoms with van der Waals surface area (Å²) in [5.41, 5.74) is 5.45. The number of H-pyrrole nitrogens is 1. The number of nitrogens with two attached hydrogens (primary N) is 1. The molecule has 9 heteroatoms. The first-order chi connectivity index (χ1) is 7.63. The number of nitrogens with zero attached hydrogens (tertiary/aromatic N) is 3. The average molecular weight is 228 g/mol. The van der Waals surface area contributed by atoms with E-state index in [2.05, 4.69) is 30.7 Å². The smallest absolute Gasteiger partial charge is 0.322 e. The van der Waals surface area contributed by atoms with Crippen LogP contribution < -0.4 is 11.1 Å². The van der Waals surface area contributed by atoms with Crippen LogP contribution in [0.5, 0.6) is 0 Å². The van der Waals surface area contributed by atoms with Crippen molar-refractivity contribution >= 4 is 17.8 Å². The van der Waals surface area contributed by atoms with E-state index in [1.54, 1.807) is 0 Å². The van der Waals surface area contributed by atoms with E-state index in [0.717, 1.165) is 0 Å². The molecule has 9 nitrogen and oxygen atoms in total. The number of ether oxygens (including phenoxy) is 1. The van der Waals surface area contributed by atoms with Crippen molar-refractivity contribution in [3.8, 4) is 0 Å². The van der Waals surface area contributed by atoms with Crippen molar-refractivity contribution in [3.63, 3.8) is 0 Å². The van der Waals surface area contributed by atoms with Gasteiger partial charge in [-0.3, -0.25) is 14.9 Å². The van der Waals surface area contributed by atoms with Gasteiger partial charge in [0.2, 0.25) is 5.91 Å².